The summed E-state index contributed by atoms with van der Waals surface area (Å²) in [5.41, 5.74) is 0. The second-order valence-electron chi connectivity index (χ2n) is 25.5. The third-order valence-corrected chi connectivity index (χ3v) is 17.6. The highest BCUT2D eigenvalue weighted by atomic mass is 31.2. The van der Waals surface area contributed by atoms with Gasteiger partial charge in [0.25, 0.3) is 0 Å². The number of aliphatic hydroxyl groups is 1. The number of aliphatic hydroxyl groups excluding tert-OH is 1. The van der Waals surface area contributed by atoms with E-state index in [2.05, 4.69) is 167 Å². The Morgan fingerprint density at radius 3 is 0.885 bits per heavy atom. The molecular weight excluding hydrogens is 1350 g/mol. The summed E-state index contributed by atoms with van der Waals surface area (Å²) >= 11 is 0. The lowest BCUT2D eigenvalue weighted by atomic mass is 10.1. The molecule has 0 aliphatic heterocycles. The van der Waals surface area contributed by atoms with Gasteiger partial charge in [-0.1, -0.05) is 268 Å². The van der Waals surface area contributed by atoms with Crippen molar-refractivity contribution < 1.29 is 80.2 Å². The van der Waals surface area contributed by atoms with Gasteiger partial charge in [0.15, 0.2) is 12.2 Å². The van der Waals surface area contributed by atoms with E-state index >= 15 is 0 Å². The number of unbranched alkanes of at least 4 members (excludes halogenated alkanes) is 18. The van der Waals surface area contributed by atoms with E-state index in [0.29, 0.717) is 38.5 Å². The molecule has 0 spiro atoms. The predicted molar refractivity (Wildman–Crippen MR) is 426 cm³/mol. The van der Waals surface area contributed by atoms with Crippen LogP contribution in [0.4, 0.5) is 0 Å². The first-order valence-electron chi connectivity index (χ1n) is 39.4. The molecule has 0 rings (SSSR count). The van der Waals surface area contributed by atoms with Crippen molar-refractivity contribution in [3.05, 3.63) is 170 Å². The topological polar surface area (TPSA) is 237 Å². The smallest absolute Gasteiger partial charge is 0.462 e. The molecule has 17 nitrogen and oxygen atoms in total. The van der Waals surface area contributed by atoms with Crippen LogP contribution in [0.3, 0.4) is 0 Å². The third-order valence-electron chi connectivity index (χ3n) is 15.7. The van der Waals surface area contributed by atoms with E-state index in [-0.39, 0.29) is 25.7 Å². The van der Waals surface area contributed by atoms with Gasteiger partial charge in [-0.3, -0.25) is 37.3 Å². The number of hydrogen-bond acceptors (Lipinski definition) is 15. The van der Waals surface area contributed by atoms with Crippen LogP contribution in [0.2, 0.25) is 0 Å². The molecule has 3 N–H and O–H groups in total. The summed E-state index contributed by atoms with van der Waals surface area (Å²) in [5.74, 6) is -2.38. The minimum Gasteiger partial charge on any atom is -0.462 e. The quantitative estimate of drug-likeness (QED) is 0.0169. The fourth-order valence-electron chi connectivity index (χ4n) is 9.72. The first kappa shape index (κ1) is 98.4. The van der Waals surface area contributed by atoms with Crippen molar-refractivity contribution in [2.75, 3.05) is 39.6 Å². The van der Waals surface area contributed by atoms with E-state index in [1.807, 2.05) is 30.4 Å². The molecule has 0 aromatic heterocycles. The normalized spacial score (nSPS) is 14.8. The minimum absolute atomic E-state index is 0.0282. The Morgan fingerprint density at radius 2 is 0.529 bits per heavy atom. The van der Waals surface area contributed by atoms with Crippen LogP contribution in [0.5, 0.6) is 0 Å². The molecule has 0 aliphatic rings. The molecule has 0 saturated carbocycles. The Hall–Kier alpha value is -5.58. The maximum absolute atomic E-state index is 13.1. The van der Waals surface area contributed by atoms with Gasteiger partial charge < -0.3 is 33.8 Å². The zero-order valence-corrected chi connectivity index (χ0v) is 66.2. The predicted octanol–water partition coefficient (Wildman–Crippen LogP) is 23.0. The Balaban J connectivity index is 5.49. The number of hydrogen-bond donors (Lipinski definition) is 3. The van der Waals surface area contributed by atoms with Crippen molar-refractivity contribution in [1.29, 1.82) is 0 Å². The van der Waals surface area contributed by atoms with Gasteiger partial charge >= 0.3 is 39.5 Å². The van der Waals surface area contributed by atoms with Crippen LogP contribution in [0.15, 0.2) is 170 Å². The van der Waals surface area contributed by atoms with Gasteiger partial charge in [0.1, 0.15) is 19.3 Å². The van der Waals surface area contributed by atoms with E-state index in [9.17, 15) is 43.2 Å². The molecule has 5 atom stereocenters. The first-order valence-corrected chi connectivity index (χ1v) is 42.4. The van der Waals surface area contributed by atoms with Gasteiger partial charge in [-0.15, -0.1) is 0 Å². The number of phosphoric ester groups is 2. The number of allylic oxidation sites excluding steroid dienone is 28. The van der Waals surface area contributed by atoms with Gasteiger partial charge in [0.05, 0.1) is 26.4 Å². The molecule has 0 radical (unpaired) electrons. The summed E-state index contributed by atoms with van der Waals surface area (Å²) in [7, 11) is -10.0. The van der Waals surface area contributed by atoms with Crippen LogP contribution < -0.4 is 0 Å². The van der Waals surface area contributed by atoms with Crippen LogP contribution >= 0.6 is 15.6 Å². The van der Waals surface area contributed by atoms with Crippen molar-refractivity contribution in [2.45, 2.75) is 303 Å². The summed E-state index contributed by atoms with van der Waals surface area (Å²) < 4.78 is 68.4. The zero-order valence-electron chi connectivity index (χ0n) is 64.4. The van der Waals surface area contributed by atoms with Crippen molar-refractivity contribution in [1.82, 2.24) is 0 Å². The number of phosphoric acid groups is 2. The number of ether oxygens (including phenoxy) is 4. The minimum atomic E-state index is -5.01. The zero-order chi connectivity index (χ0) is 76.0. The Bertz CT molecular complexity index is 2640. The molecule has 0 aromatic carbocycles. The van der Waals surface area contributed by atoms with E-state index in [1.165, 1.54) is 44.9 Å². The molecule has 0 aliphatic carbocycles. The molecule has 0 amide bonds. The highest BCUT2D eigenvalue weighted by Gasteiger charge is 2.30. The fraction of sp³-hybridized carbons (Fsp3) is 0.624. The number of carbonyl (C=O) groups is 4. The molecular formula is C85H138O17P2. The number of rotatable bonds is 72. The molecule has 0 fully saturated rings. The van der Waals surface area contributed by atoms with Crippen LogP contribution in [-0.4, -0.2) is 96.7 Å². The van der Waals surface area contributed by atoms with Crippen LogP contribution in [0.25, 0.3) is 0 Å². The van der Waals surface area contributed by atoms with Gasteiger partial charge in [-0.25, -0.2) is 9.13 Å². The third kappa shape index (κ3) is 74.7. The second-order valence-corrected chi connectivity index (χ2v) is 28.4. The molecule has 0 heterocycles. The molecule has 5 unspecified atom stereocenters. The molecule has 590 valence electrons. The lowest BCUT2D eigenvalue weighted by molar-refractivity contribution is -0.161. The molecule has 19 heteroatoms. The van der Waals surface area contributed by atoms with Crippen LogP contribution in [0, 0.1) is 0 Å². The van der Waals surface area contributed by atoms with Crippen molar-refractivity contribution >= 4 is 39.5 Å². The van der Waals surface area contributed by atoms with Crippen LogP contribution in [-0.2, 0) is 65.4 Å². The lowest BCUT2D eigenvalue weighted by Crippen LogP contribution is -2.30. The highest BCUT2D eigenvalue weighted by molar-refractivity contribution is 7.47. The van der Waals surface area contributed by atoms with Crippen molar-refractivity contribution in [2.24, 2.45) is 0 Å². The summed E-state index contributed by atoms with van der Waals surface area (Å²) in [6, 6.07) is 0. The standard InChI is InChI=1S/C85H138O17P2/c1-5-9-13-17-21-25-29-33-36-38-39-41-44-47-50-54-58-62-66-70-83(88)95-75-80(101-84(89)71-67-63-59-55-51-45-32-28-24-20-16-12-8-4)77-99-103(91,92)97-73-79(86)74-98-104(93,94)100-78-81(102-85(90)72-68-64-60-56-52-48-42-35-31-27-23-19-15-11-7-3)76-96-82(87)69-65-61-57-53-49-46-43-40-37-34-30-26-22-18-14-10-6-2/h9-10,13-14,21-23,25-28,32-37,39,41-43,46-47,50,53,57-58,62,79-81,86H,5-8,11-12,15-20,24,29-31,38,40,44-45,48-49,51-52,54-56,59-61,63-78H2,1-4H3,(H,91,92)(H,93,94)/b13-9-,14-10-,25-21-,26-22-,27-23-,32-28-,36-33-,37-34-,41-39-,42-35-,46-43-,50-47-,57-53-,62-58-. The Labute approximate surface area is 629 Å². The maximum Gasteiger partial charge on any atom is 0.472 e. The van der Waals surface area contributed by atoms with E-state index in [1.54, 1.807) is 0 Å². The summed E-state index contributed by atoms with van der Waals surface area (Å²) in [6.45, 7) is 4.41. The average Bonchev–Trinajstić information content (AvgIpc) is 0.939. The lowest BCUT2D eigenvalue weighted by Gasteiger charge is -2.21. The Kier molecular flexibility index (Phi) is 71.6. The second kappa shape index (κ2) is 75.6. The summed E-state index contributed by atoms with van der Waals surface area (Å²) in [4.78, 5) is 72.9. The van der Waals surface area contributed by atoms with Gasteiger partial charge in [-0.05, 0) is 161 Å². The van der Waals surface area contributed by atoms with Crippen molar-refractivity contribution in [3.8, 4) is 0 Å². The molecule has 0 saturated heterocycles. The fourth-order valence-corrected chi connectivity index (χ4v) is 11.3. The maximum atomic E-state index is 13.1. The van der Waals surface area contributed by atoms with Gasteiger partial charge in [-0.2, -0.15) is 0 Å². The molecule has 0 aromatic rings. The first-order chi connectivity index (χ1) is 50.7. The summed E-state index contributed by atoms with van der Waals surface area (Å²) in [5, 5.41) is 10.6. The van der Waals surface area contributed by atoms with Crippen molar-refractivity contribution in [3.63, 3.8) is 0 Å². The SMILES string of the molecule is CC/C=C\C/C=C\C/C=C\C/C=C\C/C=C\C/C=C\CCC(=O)OCC(COP(=O)(O)OCC(O)COP(=O)(O)OCC(COC(=O)CCC/C=C\C/C=C\C/C=C\C/C=C\C/C=C\CC)OC(=O)CCCCCCC/C=C\C/C=C\CCCCC)OC(=O)CCCCCCC/C=C\CCCCCC. The Morgan fingerprint density at radius 1 is 0.279 bits per heavy atom. The highest BCUT2D eigenvalue weighted by Crippen LogP contribution is 2.45. The molecule has 104 heavy (non-hydrogen) atoms. The van der Waals surface area contributed by atoms with Gasteiger partial charge in [0.2, 0.25) is 0 Å². The summed E-state index contributed by atoms with van der Waals surface area (Å²) in [6.07, 6.45) is 89.3. The average molecular weight is 1490 g/mol. The largest absolute Gasteiger partial charge is 0.472 e. The monoisotopic (exact) mass is 1490 g/mol. The number of carbonyl (C=O) groups excluding carboxylic acids is 4. The van der Waals surface area contributed by atoms with Gasteiger partial charge in [0, 0.05) is 25.7 Å². The number of esters is 4. The van der Waals surface area contributed by atoms with E-state index in [0.717, 1.165) is 148 Å². The molecule has 0 bridgehead atoms. The van der Waals surface area contributed by atoms with E-state index in [4.69, 9.17) is 37.0 Å². The van der Waals surface area contributed by atoms with E-state index < -0.39 is 97.5 Å². The van der Waals surface area contributed by atoms with Crippen LogP contribution in [0.1, 0.15) is 285 Å².